The Kier molecular flexibility index (Phi) is 5.81. The van der Waals surface area contributed by atoms with Crippen molar-refractivity contribution in [1.82, 2.24) is 15.1 Å². The molecule has 0 radical (unpaired) electrons. The molecule has 1 aliphatic rings. The van der Waals surface area contributed by atoms with E-state index in [9.17, 15) is 4.79 Å². The molecule has 1 aromatic heterocycles. The van der Waals surface area contributed by atoms with Gasteiger partial charge in [-0.05, 0) is 48.2 Å². The van der Waals surface area contributed by atoms with E-state index in [2.05, 4.69) is 52.0 Å². The highest BCUT2D eigenvalue weighted by Crippen LogP contribution is 2.22. The molecule has 0 bridgehead atoms. The van der Waals surface area contributed by atoms with Crippen molar-refractivity contribution in [3.05, 3.63) is 21.0 Å². The monoisotopic (exact) mass is 356 g/mol. The van der Waals surface area contributed by atoms with Crippen LogP contribution in [0.3, 0.4) is 0 Å². The highest BCUT2D eigenvalue weighted by molar-refractivity contribution is 9.10. The van der Waals surface area contributed by atoms with E-state index in [1.165, 1.54) is 12.8 Å². The van der Waals surface area contributed by atoms with E-state index >= 15 is 0 Å². The zero-order valence-electron chi connectivity index (χ0n) is 13.1. The molecule has 1 unspecified atom stereocenters. The van der Waals surface area contributed by atoms with Gasteiger partial charge < -0.3 is 10.2 Å². The maximum absolute atomic E-state index is 12.4. The Balaban J connectivity index is 2.21. The fraction of sp³-hybridized carbons (Fsp3) is 0.733. The lowest BCUT2D eigenvalue weighted by Gasteiger charge is -2.27. The molecule has 1 N–H and O–H groups in total. The van der Waals surface area contributed by atoms with Crippen molar-refractivity contribution in [2.45, 2.75) is 46.2 Å². The number of rotatable bonds is 6. The average Bonchev–Trinajstić information content (AvgIpc) is 2.95. The minimum atomic E-state index is -0.0426. The summed E-state index contributed by atoms with van der Waals surface area (Å²) in [4.78, 5) is 14.6. The number of nitrogens with zero attached hydrogens (tertiary/aromatic N) is 3. The number of aromatic nitrogens is 2. The van der Waals surface area contributed by atoms with Gasteiger partial charge in [-0.1, -0.05) is 13.8 Å². The second kappa shape index (κ2) is 7.40. The van der Waals surface area contributed by atoms with Crippen LogP contribution >= 0.6 is 15.9 Å². The Morgan fingerprint density at radius 1 is 1.57 bits per heavy atom. The molecule has 0 aromatic carbocycles. The molecule has 1 saturated heterocycles. The van der Waals surface area contributed by atoms with Crippen LogP contribution in [-0.4, -0.2) is 35.5 Å². The highest BCUT2D eigenvalue weighted by atomic mass is 79.9. The van der Waals surface area contributed by atoms with Crippen LogP contribution in [0.5, 0.6) is 0 Å². The SMILES string of the molecule is CCN(CC1CCCN1)c1cnn(CC(C)C)c(=O)c1Br. The number of likely N-dealkylation sites (N-methyl/N-ethyl adjacent to an activating group) is 1. The number of nitrogens with one attached hydrogen (secondary N) is 1. The minimum absolute atomic E-state index is 0.0426. The van der Waals surface area contributed by atoms with Crippen LogP contribution in [0, 0.1) is 5.92 Å². The molecule has 0 amide bonds. The molecule has 0 spiro atoms. The summed E-state index contributed by atoms with van der Waals surface area (Å²) in [5, 5.41) is 7.84. The fourth-order valence-corrected chi connectivity index (χ4v) is 3.29. The number of anilines is 1. The first-order valence-corrected chi connectivity index (χ1v) is 8.56. The molecule has 6 heteroatoms. The van der Waals surface area contributed by atoms with Crippen LogP contribution in [0.15, 0.2) is 15.5 Å². The summed E-state index contributed by atoms with van der Waals surface area (Å²) in [5.41, 5.74) is 0.857. The summed E-state index contributed by atoms with van der Waals surface area (Å²) in [5.74, 6) is 0.401. The number of halogens is 1. The van der Waals surface area contributed by atoms with Crippen molar-refractivity contribution in [3.63, 3.8) is 0 Å². The molecule has 5 nitrogen and oxygen atoms in total. The molecule has 118 valence electrons. The molecule has 1 atom stereocenters. The zero-order valence-corrected chi connectivity index (χ0v) is 14.7. The second-order valence-electron chi connectivity index (χ2n) is 6.06. The third-order valence-corrected chi connectivity index (χ3v) is 4.58. The van der Waals surface area contributed by atoms with Crippen molar-refractivity contribution < 1.29 is 0 Å². The van der Waals surface area contributed by atoms with Gasteiger partial charge in [-0.3, -0.25) is 4.79 Å². The van der Waals surface area contributed by atoms with Gasteiger partial charge >= 0.3 is 0 Å². The summed E-state index contributed by atoms with van der Waals surface area (Å²) < 4.78 is 2.16. The summed E-state index contributed by atoms with van der Waals surface area (Å²) in [6.07, 6.45) is 4.25. The molecule has 0 saturated carbocycles. The van der Waals surface area contributed by atoms with E-state index in [1.54, 1.807) is 4.68 Å². The van der Waals surface area contributed by atoms with Gasteiger partial charge in [0.25, 0.3) is 5.56 Å². The van der Waals surface area contributed by atoms with Crippen LogP contribution in [0.2, 0.25) is 0 Å². The number of hydrogen-bond acceptors (Lipinski definition) is 4. The summed E-state index contributed by atoms with van der Waals surface area (Å²) in [7, 11) is 0. The third-order valence-electron chi connectivity index (χ3n) is 3.83. The van der Waals surface area contributed by atoms with E-state index in [0.717, 1.165) is 25.3 Å². The predicted octanol–water partition coefficient (Wildman–Crippen LogP) is 2.24. The van der Waals surface area contributed by atoms with E-state index in [-0.39, 0.29) is 5.56 Å². The van der Waals surface area contributed by atoms with E-state index in [0.29, 0.717) is 23.0 Å². The largest absolute Gasteiger partial charge is 0.368 e. The third kappa shape index (κ3) is 4.07. The van der Waals surface area contributed by atoms with Gasteiger partial charge in [0.1, 0.15) is 4.47 Å². The van der Waals surface area contributed by atoms with Crippen molar-refractivity contribution in [2.24, 2.45) is 5.92 Å². The molecule has 1 fully saturated rings. The van der Waals surface area contributed by atoms with Crippen molar-refractivity contribution >= 4 is 21.6 Å². The Hall–Kier alpha value is -0.880. The fourth-order valence-electron chi connectivity index (χ4n) is 2.73. The lowest BCUT2D eigenvalue weighted by molar-refractivity contribution is 0.461. The smallest absolute Gasteiger partial charge is 0.283 e. The molecular formula is C15H25BrN4O. The van der Waals surface area contributed by atoms with E-state index in [4.69, 9.17) is 0 Å². The van der Waals surface area contributed by atoms with Crippen LogP contribution in [-0.2, 0) is 6.54 Å². The Labute approximate surface area is 134 Å². The van der Waals surface area contributed by atoms with E-state index < -0.39 is 0 Å². The zero-order chi connectivity index (χ0) is 15.4. The molecule has 2 heterocycles. The Morgan fingerprint density at radius 2 is 2.33 bits per heavy atom. The molecule has 21 heavy (non-hydrogen) atoms. The topological polar surface area (TPSA) is 50.2 Å². The van der Waals surface area contributed by atoms with Crippen molar-refractivity contribution in [3.8, 4) is 0 Å². The van der Waals surface area contributed by atoms with Crippen molar-refractivity contribution in [2.75, 3.05) is 24.5 Å². The minimum Gasteiger partial charge on any atom is -0.368 e. The Bertz CT molecular complexity index is 523. The van der Waals surface area contributed by atoms with Crippen LogP contribution in [0.25, 0.3) is 0 Å². The first-order chi connectivity index (χ1) is 10.0. The maximum Gasteiger partial charge on any atom is 0.283 e. The normalized spacial score (nSPS) is 18.4. The molecule has 1 aliphatic heterocycles. The molecule has 0 aliphatic carbocycles. The van der Waals surface area contributed by atoms with E-state index in [1.807, 2.05) is 6.20 Å². The van der Waals surface area contributed by atoms with Gasteiger partial charge in [0, 0.05) is 25.7 Å². The number of hydrogen-bond donors (Lipinski definition) is 1. The van der Waals surface area contributed by atoms with Crippen LogP contribution in [0.4, 0.5) is 5.69 Å². The van der Waals surface area contributed by atoms with Gasteiger partial charge in [0.05, 0.1) is 11.9 Å². The summed E-state index contributed by atoms with van der Waals surface area (Å²) in [6, 6.07) is 0.509. The van der Waals surface area contributed by atoms with Gasteiger partial charge in [-0.2, -0.15) is 5.10 Å². The average molecular weight is 357 g/mol. The molecule has 1 aromatic rings. The predicted molar refractivity (Wildman–Crippen MR) is 89.9 cm³/mol. The molecular weight excluding hydrogens is 332 g/mol. The van der Waals surface area contributed by atoms with Gasteiger partial charge in [0.2, 0.25) is 0 Å². The van der Waals surface area contributed by atoms with Crippen molar-refractivity contribution in [1.29, 1.82) is 0 Å². The quantitative estimate of drug-likeness (QED) is 0.849. The standard InChI is InChI=1S/C15H25BrN4O/c1-4-19(10-12-6-5-7-17-12)13-8-18-20(9-11(2)3)15(21)14(13)16/h8,11-12,17H,4-7,9-10H2,1-3H3. The second-order valence-corrected chi connectivity index (χ2v) is 6.85. The lowest BCUT2D eigenvalue weighted by atomic mass is 10.2. The van der Waals surface area contributed by atoms with Gasteiger partial charge in [0.15, 0.2) is 0 Å². The highest BCUT2D eigenvalue weighted by Gasteiger charge is 2.20. The summed E-state index contributed by atoms with van der Waals surface area (Å²) in [6.45, 7) is 9.81. The first-order valence-electron chi connectivity index (χ1n) is 7.76. The van der Waals surface area contributed by atoms with Gasteiger partial charge in [-0.15, -0.1) is 0 Å². The maximum atomic E-state index is 12.4. The van der Waals surface area contributed by atoms with Crippen LogP contribution in [0.1, 0.15) is 33.6 Å². The van der Waals surface area contributed by atoms with Crippen LogP contribution < -0.4 is 15.8 Å². The molecule has 2 rings (SSSR count). The van der Waals surface area contributed by atoms with Gasteiger partial charge in [-0.25, -0.2) is 4.68 Å². The Morgan fingerprint density at radius 3 is 2.90 bits per heavy atom. The summed E-state index contributed by atoms with van der Waals surface area (Å²) >= 11 is 3.48. The first kappa shape index (κ1) is 16.5. The lowest BCUT2D eigenvalue weighted by Crippen LogP contribution is -2.39.